The quantitative estimate of drug-likeness (QED) is 0.270. The second-order valence-corrected chi connectivity index (χ2v) is 6.53. The van der Waals surface area contributed by atoms with Gasteiger partial charge in [-0.05, 0) is 30.3 Å². The van der Waals surface area contributed by atoms with Gasteiger partial charge in [0.05, 0.1) is 16.8 Å². The summed E-state index contributed by atoms with van der Waals surface area (Å²) in [5, 5.41) is 20.0. The van der Waals surface area contributed by atoms with Gasteiger partial charge in [-0.2, -0.15) is 13.2 Å². The van der Waals surface area contributed by atoms with E-state index < -0.39 is 34.1 Å². The number of aliphatic hydroxyl groups excluding tert-OH is 1. The largest absolute Gasteiger partial charge is 0.505 e. The Hall–Kier alpha value is -3.72. The Balaban J connectivity index is 1.98. The minimum atomic E-state index is -4.71. The third-order valence-electron chi connectivity index (χ3n) is 3.93. The van der Waals surface area contributed by atoms with Crippen LogP contribution in [0.25, 0.3) is 5.76 Å². The smallest absolute Gasteiger partial charge is 0.417 e. The number of alkyl halides is 3. The van der Waals surface area contributed by atoms with E-state index in [1.54, 1.807) is 30.3 Å². The maximum absolute atomic E-state index is 13.1. The lowest BCUT2D eigenvalue weighted by Gasteiger charge is -2.12. The van der Waals surface area contributed by atoms with E-state index in [0.717, 1.165) is 6.07 Å². The first-order valence-electron chi connectivity index (χ1n) is 8.74. The maximum Gasteiger partial charge on any atom is 0.417 e. The van der Waals surface area contributed by atoms with Crippen molar-refractivity contribution in [2.75, 3.05) is 5.32 Å². The van der Waals surface area contributed by atoms with Crippen LogP contribution in [0.5, 0.6) is 0 Å². The Morgan fingerprint density at radius 3 is 2.45 bits per heavy atom. The first kappa shape index (κ1) is 22.0. The van der Waals surface area contributed by atoms with Crippen LogP contribution in [0.3, 0.4) is 0 Å². The van der Waals surface area contributed by atoms with Crippen molar-refractivity contribution in [1.29, 1.82) is 0 Å². The number of carbonyl (C=O) groups is 1. The number of azo groups is 1. The van der Waals surface area contributed by atoms with Gasteiger partial charge in [-0.3, -0.25) is 9.78 Å². The van der Waals surface area contributed by atoms with Crippen molar-refractivity contribution in [1.82, 2.24) is 4.98 Å². The van der Waals surface area contributed by atoms with Crippen molar-refractivity contribution in [3.05, 3.63) is 94.9 Å². The first-order chi connectivity index (χ1) is 14.8. The van der Waals surface area contributed by atoms with Crippen LogP contribution in [0.4, 0.5) is 24.5 Å². The van der Waals surface area contributed by atoms with E-state index in [1.165, 1.54) is 30.6 Å². The number of rotatable bonds is 5. The third kappa shape index (κ3) is 5.67. The average molecular weight is 447 g/mol. The van der Waals surface area contributed by atoms with Gasteiger partial charge < -0.3 is 10.4 Å². The molecule has 0 unspecified atom stereocenters. The van der Waals surface area contributed by atoms with Crippen LogP contribution in [0.15, 0.2) is 89.0 Å². The van der Waals surface area contributed by atoms with Gasteiger partial charge in [-0.15, -0.1) is 10.2 Å². The molecule has 3 rings (SSSR count). The summed E-state index contributed by atoms with van der Waals surface area (Å²) in [6.45, 7) is 0. The lowest BCUT2D eigenvalue weighted by atomic mass is 10.1. The fourth-order valence-corrected chi connectivity index (χ4v) is 2.69. The minimum Gasteiger partial charge on any atom is -0.505 e. The Morgan fingerprint density at radius 1 is 1.06 bits per heavy atom. The monoisotopic (exact) mass is 446 g/mol. The molecule has 0 radical (unpaired) electrons. The number of nitrogens with one attached hydrogen (secondary N) is 1. The van der Waals surface area contributed by atoms with E-state index in [0.29, 0.717) is 11.8 Å². The molecule has 0 bridgehead atoms. The molecule has 158 valence electrons. The summed E-state index contributed by atoms with van der Waals surface area (Å²) in [7, 11) is 0. The zero-order valence-electron chi connectivity index (χ0n) is 15.6. The molecule has 0 saturated heterocycles. The van der Waals surface area contributed by atoms with Crippen LogP contribution < -0.4 is 5.32 Å². The van der Waals surface area contributed by atoms with Gasteiger partial charge in [0, 0.05) is 17.4 Å². The molecule has 1 amide bonds. The normalized spacial score (nSPS) is 12.5. The van der Waals surface area contributed by atoms with Gasteiger partial charge in [0.15, 0.2) is 11.5 Å². The molecule has 0 aliphatic carbocycles. The highest BCUT2D eigenvalue weighted by Crippen LogP contribution is 2.36. The summed E-state index contributed by atoms with van der Waals surface area (Å²) in [4.78, 5) is 16.6. The summed E-state index contributed by atoms with van der Waals surface area (Å²) in [5.74, 6) is -1.47. The Morgan fingerprint density at radius 2 is 1.81 bits per heavy atom. The Kier molecular flexibility index (Phi) is 6.66. The molecule has 3 aromatic rings. The van der Waals surface area contributed by atoms with Crippen molar-refractivity contribution in [3.63, 3.8) is 0 Å². The van der Waals surface area contributed by atoms with E-state index >= 15 is 0 Å². The molecule has 1 heterocycles. The van der Waals surface area contributed by atoms with Crippen molar-refractivity contribution in [2.24, 2.45) is 10.2 Å². The van der Waals surface area contributed by atoms with E-state index in [4.69, 9.17) is 11.6 Å². The summed E-state index contributed by atoms with van der Waals surface area (Å²) in [6, 6.07) is 14.1. The minimum absolute atomic E-state index is 0.184. The second-order valence-electron chi connectivity index (χ2n) is 6.12. The number of anilines is 1. The highest BCUT2D eigenvalue weighted by atomic mass is 35.5. The standard InChI is InChI=1S/C21H14ClF3N4O2/c22-17-9-8-14(11-16(17)21(23,24)25)27-20(31)18(19(30)13-5-2-1-3-6-13)29-28-15-7-4-10-26-12-15/h1-12,30H,(H,27,31)/b19-18-,29-28?. The SMILES string of the molecule is O=C(Nc1ccc(Cl)c(C(F)(F)F)c1)/C(N=Nc1cccnc1)=C(/O)c1ccccc1. The molecule has 0 atom stereocenters. The van der Waals surface area contributed by atoms with Crippen molar-refractivity contribution in [2.45, 2.75) is 6.18 Å². The molecular formula is C21H14ClF3N4O2. The van der Waals surface area contributed by atoms with Gasteiger partial charge in [0.1, 0.15) is 5.69 Å². The van der Waals surface area contributed by atoms with E-state index in [1.807, 2.05) is 0 Å². The fraction of sp³-hybridized carbons (Fsp3) is 0.0476. The number of aliphatic hydroxyl groups is 1. The molecular weight excluding hydrogens is 433 g/mol. The average Bonchev–Trinajstić information content (AvgIpc) is 2.75. The van der Waals surface area contributed by atoms with Crippen molar-refractivity contribution >= 4 is 34.6 Å². The van der Waals surface area contributed by atoms with Crippen LogP contribution in [0.2, 0.25) is 5.02 Å². The molecule has 0 aliphatic rings. The Bertz CT molecular complexity index is 1130. The van der Waals surface area contributed by atoms with Crippen molar-refractivity contribution in [3.8, 4) is 0 Å². The van der Waals surface area contributed by atoms with Crippen molar-refractivity contribution < 1.29 is 23.1 Å². The number of benzene rings is 2. The number of nitrogens with zero attached hydrogens (tertiary/aromatic N) is 3. The number of hydrogen-bond acceptors (Lipinski definition) is 5. The molecule has 0 aliphatic heterocycles. The number of amides is 1. The summed E-state index contributed by atoms with van der Waals surface area (Å²) < 4.78 is 39.3. The topological polar surface area (TPSA) is 86.9 Å². The molecule has 0 spiro atoms. The Labute approximate surface area is 179 Å². The number of hydrogen-bond donors (Lipinski definition) is 2. The van der Waals surface area contributed by atoms with E-state index in [2.05, 4.69) is 20.5 Å². The molecule has 1 aromatic heterocycles. The van der Waals surface area contributed by atoms with Gasteiger partial charge in [-0.1, -0.05) is 41.9 Å². The van der Waals surface area contributed by atoms with Gasteiger partial charge in [-0.25, -0.2) is 0 Å². The summed E-state index contributed by atoms with van der Waals surface area (Å²) in [6.07, 6.45) is -1.81. The predicted octanol–water partition coefficient (Wildman–Crippen LogP) is 6.40. The van der Waals surface area contributed by atoms with Gasteiger partial charge >= 0.3 is 6.18 Å². The number of aromatic nitrogens is 1. The van der Waals surface area contributed by atoms with Gasteiger partial charge in [0.25, 0.3) is 5.91 Å². The lowest BCUT2D eigenvalue weighted by molar-refractivity contribution is -0.137. The van der Waals surface area contributed by atoms with Crippen LogP contribution >= 0.6 is 11.6 Å². The van der Waals surface area contributed by atoms with Crippen LogP contribution in [-0.2, 0) is 11.0 Å². The predicted molar refractivity (Wildman–Crippen MR) is 110 cm³/mol. The number of pyridine rings is 1. The zero-order valence-corrected chi connectivity index (χ0v) is 16.4. The van der Waals surface area contributed by atoms with E-state index in [-0.39, 0.29) is 11.3 Å². The first-order valence-corrected chi connectivity index (χ1v) is 9.12. The van der Waals surface area contributed by atoms with Crippen LogP contribution in [-0.4, -0.2) is 16.0 Å². The molecule has 6 nitrogen and oxygen atoms in total. The summed E-state index contributed by atoms with van der Waals surface area (Å²) >= 11 is 5.61. The highest BCUT2D eigenvalue weighted by Gasteiger charge is 2.33. The van der Waals surface area contributed by atoms with E-state index in [9.17, 15) is 23.1 Å². The van der Waals surface area contributed by atoms with Gasteiger partial charge in [0.2, 0.25) is 0 Å². The highest BCUT2D eigenvalue weighted by molar-refractivity contribution is 6.31. The lowest BCUT2D eigenvalue weighted by Crippen LogP contribution is -2.16. The van der Waals surface area contributed by atoms with Crippen LogP contribution in [0, 0.1) is 0 Å². The maximum atomic E-state index is 13.1. The molecule has 31 heavy (non-hydrogen) atoms. The summed E-state index contributed by atoms with van der Waals surface area (Å²) in [5.41, 5.74) is -1.22. The molecule has 0 fully saturated rings. The molecule has 10 heteroatoms. The molecule has 2 aromatic carbocycles. The zero-order chi connectivity index (χ0) is 22.4. The fourth-order valence-electron chi connectivity index (χ4n) is 2.46. The third-order valence-corrected chi connectivity index (χ3v) is 4.26. The number of halogens is 4. The molecule has 2 N–H and O–H groups in total. The van der Waals surface area contributed by atoms with Crippen LogP contribution in [0.1, 0.15) is 11.1 Å². The molecule has 0 saturated carbocycles. The second kappa shape index (κ2) is 9.40. The number of carbonyl (C=O) groups excluding carboxylic acids is 1.